The Morgan fingerprint density at radius 2 is 1.90 bits per heavy atom. The van der Waals surface area contributed by atoms with Crippen LogP contribution in [-0.4, -0.2) is 23.3 Å². The van der Waals surface area contributed by atoms with Gasteiger partial charge in [0.1, 0.15) is 11.6 Å². The van der Waals surface area contributed by atoms with E-state index in [4.69, 9.17) is 16.3 Å². The van der Waals surface area contributed by atoms with Gasteiger partial charge in [0.05, 0.1) is 5.02 Å². The van der Waals surface area contributed by atoms with E-state index in [0.29, 0.717) is 22.2 Å². The highest BCUT2D eigenvalue weighted by Gasteiger charge is 2.05. The molecule has 1 aromatic carbocycles. The smallest absolute Gasteiger partial charge is 0.263 e. The minimum atomic E-state index is -0.333. The first-order valence-electron chi connectivity index (χ1n) is 6.20. The Hall–Kier alpha value is -2.40. The number of carbonyl (C=O) groups excluding carboxylic acids is 2. The first kappa shape index (κ1) is 15.0. The highest BCUT2D eigenvalue weighted by molar-refractivity contribution is 6.30. The summed E-state index contributed by atoms with van der Waals surface area (Å²) in [5.74, 6) is 0.563. The summed E-state index contributed by atoms with van der Waals surface area (Å²) in [6.07, 6.45) is 1.44. The lowest BCUT2D eigenvalue weighted by Gasteiger charge is -2.07. The molecule has 0 radical (unpaired) electrons. The summed E-state index contributed by atoms with van der Waals surface area (Å²) in [5.41, 5.74) is 0.595. The zero-order valence-corrected chi connectivity index (χ0v) is 12.1. The van der Waals surface area contributed by atoms with Gasteiger partial charge in [-0.15, -0.1) is 0 Å². The Morgan fingerprint density at radius 3 is 2.48 bits per heavy atom. The average Bonchev–Trinajstić information content (AvgIpc) is 2.48. The van der Waals surface area contributed by atoms with Gasteiger partial charge in [0, 0.05) is 11.8 Å². The number of nitrogens with zero attached hydrogens (tertiary/aromatic N) is 1. The van der Waals surface area contributed by atoms with E-state index in [1.807, 2.05) is 0 Å². The van der Waals surface area contributed by atoms with E-state index in [2.05, 4.69) is 10.3 Å². The predicted octanol–water partition coefficient (Wildman–Crippen LogP) is 2.96. The number of benzene rings is 1. The van der Waals surface area contributed by atoms with E-state index in [1.165, 1.54) is 13.1 Å². The molecule has 0 unspecified atom stereocenters. The van der Waals surface area contributed by atoms with Crippen LogP contribution in [0.15, 0.2) is 42.6 Å². The lowest BCUT2D eigenvalue weighted by atomic mass is 10.1. The lowest BCUT2D eigenvalue weighted by molar-refractivity contribution is -0.118. The van der Waals surface area contributed by atoms with Gasteiger partial charge in [0.2, 0.25) is 0 Å². The summed E-state index contributed by atoms with van der Waals surface area (Å²) >= 11 is 5.70. The van der Waals surface area contributed by atoms with Crippen LogP contribution in [0, 0.1) is 0 Å². The number of aromatic nitrogens is 1. The third-order valence-electron chi connectivity index (χ3n) is 2.63. The summed E-state index contributed by atoms with van der Waals surface area (Å²) in [6, 6.07) is 9.81. The number of ether oxygens (including phenoxy) is 1. The van der Waals surface area contributed by atoms with E-state index in [-0.39, 0.29) is 18.3 Å². The molecule has 1 amide bonds. The second-order valence-electron chi connectivity index (χ2n) is 4.28. The van der Waals surface area contributed by atoms with Crippen molar-refractivity contribution in [3.05, 3.63) is 53.2 Å². The molecular formula is C15H13ClN2O3. The fraction of sp³-hybridized carbons (Fsp3) is 0.133. The summed E-state index contributed by atoms with van der Waals surface area (Å²) in [6.45, 7) is 1.34. The summed E-state index contributed by atoms with van der Waals surface area (Å²) < 4.78 is 5.32. The molecule has 0 aliphatic rings. The number of nitrogens with one attached hydrogen (secondary N) is 1. The van der Waals surface area contributed by atoms with Crippen molar-refractivity contribution in [2.75, 3.05) is 11.9 Å². The summed E-state index contributed by atoms with van der Waals surface area (Å²) in [5, 5.41) is 3.08. The zero-order valence-electron chi connectivity index (χ0n) is 11.3. The van der Waals surface area contributed by atoms with Crippen molar-refractivity contribution in [2.24, 2.45) is 0 Å². The third-order valence-corrected chi connectivity index (χ3v) is 2.85. The molecule has 6 heteroatoms. The normalized spacial score (nSPS) is 10.0. The van der Waals surface area contributed by atoms with Crippen LogP contribution in [0.1, 0.15) is 17.3 Å². The first-order valence-corrected chi connectivity index (χ1v) is 6.57. The van der Waals surface area contributed by atoms with Gasteiger partial charge >= 0.3 is 0 Å². The van der Waals surface area contributed by atoms with Crippen LogP contribution in [-0.2, 0) is 4.79 Å². The molecule has 0 spiro atoms. The molecule has 1 aromatic heterocycles. The molecule has 0 atom stereocenters. The van der Waals surface area contributed by atoms with Gasteiger partial charge in [-0.1, -0.05) is 11.6 Å². The van der Waals surface area contributed by atoms with Gasteiger partial charge in [-0.25, -0.2) is 4.98 Å². The second-order valence-corrected chi connectivity index (χ2v) is 4.72. The summed E-state index contributed by atoms with van der Waals surface area (Å²) in [4.78, 5) is 26.8. The van der Waals surface area contributed by atoms with Crippen LogP contribution < -0.4 is 10.1 Å². The van der Waals surface area contributed by atoms with Gasteiger partial charge < -0.3 is 10.1 Å². The Bertz CT molecular complexity index is 639. The molecular weight excluding hydrogens is 292 g/mol. The van der Waals surface area contributed by atoms with E-state index < -0.39 is 0 Å². The lowest BCUT2D eigenvalue weighted by Crippen LogP contribution is -2.20. The molecule has 2 rings (SSSR count). The Kier molecular flexibility index (Phi) is 4.90. The molecule has 0 bridgehead atoms. The number of halogens is 1. The molecule has 1 N–H and O–H groups in total. The minimum Gasteiger partial charge on any atom is -0.484 e. The average molecular weight is 305 g/mol. The number of anilines is 1. The fourth-order valence-corrected chi connectivity index (χ4v) is 1.68. The van der Waals surface area contributed by atoms with Crippen molar-refractivity contribution in [3.63, 3.8) is 0 Å². The van der Waals surface area contributed by atoms with Crippen molar-refractivity contribution >= 4 is 29.1 Å². The third kappa shape index (κ3) is 4.57. The van der Waals surface area contributed by atoms with Crippen LogP contribution in [0.2, 0.25) is 5.02 Å². The van der Waals surface area contributed by atoms with Gasteiger partial charge in [-0.05, 0) is 43.3 Å². The Labute approximate surface area is 126 Å². The highest BCUT2D eigenvalue weighted by Crippen LogP contribution is 2.13. The van der Waals surface area contributed by atoms with Gasteiger partial charge in [-0.2, -0.15) is 0 Å². The molecule has 0 fully saturated rings. The van der Waals surface area contributed by atoms with Crippen molar-refractivity contribution in [1.82, 2.24) is 4.98 Å². The van der Waals surface area contributed by atoms with Crippen molar-refractivity contribution < 1.29 is 14.3 Å². The maximum absolute atomic E-state index is 11.7. The SMILES string of the molecule is CC(=O)c1ccc(OCC(=O)Nc2ccc(Cl)cn2)cc1. The standard InChI is InChI=1S/C15H13ClN2O3/c1-10(19)11-2-5-13(6-3-11)21-9-15(20)18-14-7-4-12(16)8-17-14/h2-8H,9H2,1H3,(H,17,18,20). The monoisotopic (exact) mass is 304 g/mol. The number of hydrogen-bond acceptors (Lipinski definition) is 4. The first-order chi connectivity index (χ1) is 10.0. The Morgan fingerprint density at radius 1 is 1.19 bits per heavy atom. The molecule has 0 saturated carbocycles. The molecule has 108 valence electrons. The van der Waals surface area contributed by atoms with Crippen molar-refractivity contribution in [1.29, 1.82) is 0 Å². The van der Waals surface area contributed by atoms with Crippen LogP contribution in [0.3, 0.4) is 0 Å². The van der Waals surface area contributed by atoms with Gasteiger partial charge in [-0.3, -0.25) is 9.59 Å². The van der Waals surface area contributed by atoms with Crippen molar-refractivity contribution in [3.8, 4) is 5.75 Å². The number of Topliss-reactive ketones (excluding diaryl/α,β-unsaturated/α-hetero) is 1. The minimum absolute atomic E-state index is 0.0203. The molecule has 0 aliphatic carbocycles. The van der Waals surface area contributed by atoms with Crippen LogP contribution in [0.4, 0.5) is 5.82 Å². The number of hydrogen-bond donors (Lipinski definition) is 1. The van der Waals surface area contributed by atoms with Crippen LogP contribution >= 0.6 is 11.6 Å². The van der Waals surface area contributed by atoms with Crippen molar-refractivity contribution in [2.45, 2.75) is 6.92 Å². The second kappa shape index (κ2) is 6.85. The number of ketones is 1. The number of pyridine rings is 1. The number of rotatable bonds is 5. The highest BCUT2D eigenvalue weighted by atomic mass is 35.5. The molecule has 0 aliphatic heterocycles. The van der Waals surface area contributed by atoms with Gasteiger partial charge in [0.15, 0.2) is 12.4 Å². The van der Waals surface area contributed by atoms with Gasteiger partial charge in [0.25, 0.3) is 5.91 Å². The van der Waals surface area contributed by atoms with E-state index >= 15 is 0 Å². The molecule has 0 saturated heterocycles. The number of carbonyl (C=O) groups is 2. The Balaban J connectivity index is 1.86. The molecule has 5 nitrogen and oxygen atoms in total. The van der Waals surface area contributed by atoms with Crippen LogP contribution in [0.25, 0.3) is 0 Å². The van der Waals surface area contributed by atoms with E-state index in [9.17, 15) is 9.59 Å². The topological polar surface area (TPSA) is 68.3 Å². The molecule has 1 heterocycles. The zero-order chi connectivity index (χ0) is 15.2. The molecule has 2 aromatic rings. The maximum Gasteiger partial charge on any atom is 0.263 e. The fourth-order valence-electron chi connectivity index (χ4n) is 1.56. The van der Waals surface area contributed by atoms with E-state index in [0.717, 1.165) is 0 Å². The van der Waals surface area contributed by atoms with Crippen LogP contribution in [0.5, 0.6) is 5.75 Å². The maximum atomic E-state index is 11.7. The molecule has 21 heavy (non-hydrogen) atoms. The van der Waals surface area contributed by atoms with E-state index in [1.54, 1.807) is 36.4 Å². The quantitative estimate of drug-likeness (QED) is 0.862. The largest absolute Gasteiger partial charge is 0.484 e. The predicted molar refractivity (Wildman–Crippen MR) is 79.8 cm³/mol. The summed E-state index contributed by atoms with van der Waals surface area (Å²) in [7, 11) is 0. The number of amides is 1.